The molecule has 0 saturated carbocycles. The third-order valence-electron chi connectivity index (χ3n) is 5.45. The van der Waals surface area contributed by atoms with E-state index < -0.39 is 0 Å². The molecule has 10 nitrogen and oxygen atoms in total. The lowest BCUT2D eigenvalue weighted by atomic mass is 10.1. The molecule has 1 saturated heterocycles. The van der Waals surface area contributed by atoms with Crippen LogP contribution >= 0.6 is 0 Å². The van der Waals surface area contributed by atoms with Crippen molar-refractivity contribution in [1.82, 2.24) is 5.32 Å². The van der Waals surface area contributed by atoms with Crippen molar-refractivity contribution in [1.29, 1.82) is 0 Å². The number of ether oxygens (including phenoxy) is 8. The van der Waals surface area contributed by atoms with Gasteiger partial charge in [-0.05, 0) is 32.4 Å². The van der Waals surface area contributed by atoms with Crippen LogP contribution in [-0.4, -0.2) is 118 Å². The third kappa shape index (κ3) is 23.5. The van der Waals surface area contributed by atoms with Gasteiger partial charge >= 0.3 is 5.97 Å². The molecule has 0 amide bonds. The molecule has 1 aliphatic heterocycles. The normalized spacial score (nSPS) is 14.4. The second-order valence-electron chi connectivity index (χ2n) is 8.53. The Hall–Kier alpha value is -0.850. The van der Waals surface area contributed by atoms with Crippen LogP contribution in [0, 0.1) is 0 Å². The van der Waals surface area contributed by atoms with E-state index >= 15 is 0 Å². The summed E-state index contributed by atoms with van der Waals surface area (Å²) >= 11 is 0. The minimum atomic E-state index is -0.144. The van der Waals surface area contributed by atoms with Crippen LogP contribution in [0.25, 0.3) is 0 Å². The number of esters is 1. The van der Waals surface area contributed by atoms with Gasteiger partial charge in [0.1, 0.15) is 6.61 Å². The number of hydrogen-bond donors (Lipinski definition) is 1. The SMILES string of the molecule is CCCCCCC(=O)OCCOCCOCCOCCOCCOCCOCCOC1CCNCC1. The van der Waals surface area contributed by atoms with E-state index in [4.69, 9.17) is 37.9 Å². The van der Waals surface area contributed by atoms with Gasteiger partial charge in [-0.25, -0.2) is 0 Å². The van der Waals surface area contributed by atoms with Gasteiger partial charge in [-0.1, -0.05) is 26.2 Å². The molecule has 0 radical (unpaired) electrons. The molecule has 0 aliphatic carbocycles. The smallest absolute Gasteiger partial charge is 0.305 e. The van der Waals surface area contributed by atoms with Gasteiger partial charge in [-0.15, -0.1) is 0 Å². The van der Waals surface area contributed by atoms with Crippen LogP contribution in [0.2, 0.25) is 0 Å². The third-order valence-corrected chi connectivity index (χ3v) is 5.45. The van der Waals surface area contributed by atoms with Crippen LogP contribution in [-0.2, 0) is 42.7 Å². The standard InChI is InChI=1S/C26H51NO9/c1-2-3-4-5-6-26(28)36-24-22-34-20-18-32-16-14-30-12-11-29-13-15-31-17-19-33-21-23-35-25-7-9-27-10-8-25/h25,27H,2-24H2,1H3. The summed E-state index contributed by atoms with van der Waals surface area (Å²) in [5.74, 6) is -0.144. The van der Waals surface area contributed by atoms with Gasteiger partial charge in [-0.3, -0.25) is 4.79 Å². The van der Waals surface area contributed by atoms with Gasteiger partial charge in [0.05, 0.1) is 92.0 Å². The van der Waals surface area contributed by atoms with Crippen molar-refractivity contribution < 1.29 is 42.7 Å². The summed E-state index contributed by atoms with van der Waals surface area (Å²) in [6.45, 7) is 11.4. The molecule has 0 spiro atoms. The summed E-state index contributed by atoms with van der Waals surface area (Å²) in [4.78, 5) is 11.5. The summed E-state index contributed by atoms with van der Waals surface area (Å²) in [5.41, 5.74) is 0. The van der Waals surface area contributed by atoms with Crippen molar-refractivity contribution >= 4 is 5.97 Å². The molecule has 214 valence electrons. The molecule has 0 aromatic heterocycles. The van der Waals surface area contributed by atoms with Gasteiger partial charge < -0.3 is 43.2 Å². The predicted molar refractivity (Wildman–Crippen MR) is 136 cm³/mol. The van der Waals surface area contributed by atoms with Crippen molar-refractivity contribution in [3.63, 3.8) is 0 Å². The maximum atomic E-state index is 11.5. The van der Waals surface area contributed by atoms with Crippen LogP contribution in [0.3, 0.4) is 0 Å². The maximum absolute atomic E-state index is 11.5. The molecule has 0 unspecified atom stereocenters. The maximum Gasteiger partial charge on any atom is 0.305 e. The predicted octanol–water partition coefficient (Wildman–Crippen LogP) is 2.37. The van der Waals surface area contributed by atoms with Gasteiger partial charge in [0, 0.05) is 6.42 Å². The second kappa shape index (κ2) is 27.2. The van der Waals surface area contributed by atoms with Crippen LogP contribution in [0.4, 0.5) is 0 Å². The van der Waals surface area contributed by atoms with Crippen LogP contribution in [0.1, 0.15) is 51.9 Å². The average Bonchev–Trinajstić information content (AvgIpc) is 2.90. The molecule has 0 aromatic carbocycles. The van der Waals surface area contributed by atoms with E-state index in [1.807, 2.05) is 0 Å². The molecule has 10 heteroatoms. The van der Waals surface area contributed by atoms with Crippen LogP contribution in [0.5, 0.6) is 0 Å². The van der Waals surface area contributed by atoms with Crippen molar-refractivity contribution in [2.45, 2.75) is 58.0 Å². The first-order valence-corrected chi connectivity index (χ1v) is 13.8. The Morgan fingerprint density at radius 1 is 0.611 bits per heavy atom. The van der Waals surface area contributed by atoms with Crippen molar-refractivity contribution in [2.75, 3.05) is 106 Å². The fourth-order valence-electron chi connectivity index (χ4n) is 3.42. The Morgan fingerprint density at radius 2 is 1.06 bits per heavy atom. The first-order valence-electron chi connectivity index (χ1n) is 13.8. The number of piperidine rings is 1. The molecule has 1 rings (SSSR count). The Balaban J connectivity index is 1.65. The fraction of sp³-hybridized carbons (Fsp3) is 0.962. The molecule has 0 aromatic rings. The summed E-state index contributed by atoms with van der Waals surface area (Å²) in [6, 6.07) is 0. The highest BCUT2D eigenvalue weighted by Crippen LogP contribution is 2.06. The van der Waals surface area contributed by atoms with E-state index in [2.05, 4.69) is 12.2 Å². The van der Waals surface area contributed by atoms with Gasteiger partial charge in [0.15, 0.2) is 0 Å². The van der Waals surface area contributed by atoms with E-state index in [9.17, 15) is 4.79 Å². The van der Waals surface area contributed by atoms with Crippen molar-refractivity contribution in [3.8, 4) is 0 Å². The molecule has 0 bridgehead atoms. The lowest BCUT2D eigenvalue weighted by molar-refractivity contribution is -0.145. The first kappa shape index (κ1) is 33.2. The van der Waals surface area contributed by atoms with Crippen molar-refractivity contribution in [3.05, 3.63) is 0 Å². The lowest BCUT2D eigenvalue weighted by Gasteiger charge is -2.22. The molecule has 1 fully saturated rings. The van der Waals surface area contributed by atoms with Crippen LogP contribution < -0.4 is 5.32 Å². The summed E-state index contributed by atoms with van der Waals surface area (Å²) < 4.78 is 43.6. The monoisotopic (exact) mass is 521 g/mol. The molecule has 0 atom stereocenters. The van der Waals surface area contributed by atoms with E-state index in [1.165, 1.54) is 0 Å². The molecule has 1 heterocycles. The molecule has 1 aliphatic rings. The molecular formula is C26H51NO9. The van der Waals surface area contributed by atoms with E-state index in [0.29, 0.717) is 105 Å². The van der Waals surface area contributed by atoms with Crippen molar-refractivity contribution in [2.24, 2.45) is 0 Å². The minimum Gasteiger partial charge on any atom is -0.463 e. The van der Waals surface area contributed by atoms with E-state index in [0.717, 1.165) is 51.6 Å². The highest BCUT2D eigenvalue weighted by Gasteiger charge is 2.12. The van der Waals surface area contributed by atoms with Gasteiger partial charge in [0.2, 0.25) is 0 Å². The zero-order chi connectivity index (χ0) is 25.8. The molecular weight excluding hydrogens is 470 g/mol. The zero-order valence-corrected chi connectivity index (χ0v) is 22.5. The van der Waals surface area contributed by atoms with E-state index in [1.54, 1.807) is 0 Å². The lowest BCUT2D eigenvalue weighted by Crippen LogP contribution is -2.33. The number of nitrogens with one attached hydrogen (secondary N) is 1. The Morgan fingerprint density at radius 3 is 1.53 bits per heavy atom. The Labute approximate surface area is 217 Å². The Bertz CT molecular complexity index is 465. The highest BCUT2D eigenvalue weighted by atomic mass is 16.6. The largest absolute Gasteiger partial charge is 0.463 e. The zero-order valence-electron chi connectivity index (χ0n) is 22.5. The number of carbonyl (C=O) groups is 1. The van der Waals surface area contributed by atoms with Gasteiger partial charge in [-0.2, -0.15) is 0 Å². The van der Waals surface area contributed by atoms with Gasteiger partial charge in [0.25, 0.3) is 0 Å². The van der Waals surface area contributed by atoms with Crippen LogP contribution in [0.15, 0.2) is 0 Å². The second-order valence-corrected chi connectivity index (χ2v) is 8.53. The fourth-order valence-corrected chi connectivity index (χ4v) is 3.42. The summed E-state index contributed by atoms with van der Waals surface area (Å²) in [5, 5.41) is 3.32. The summed E-state index contributed by atoms with van der Waals surface area (Å²) in [6.07, 6.45) is 7.34. The average molecular weight is 522 g/mol. The first-order chi connectivity index (χ1) is 17.8. The molecule has 36 heavy (non-hydrogen) atoms. The quantitative estimate of drug-likeness (QED) is 0.128. The number of hydrogen-bond acceptors (Lipinski definition) is 10. The topological polar surface area (TPSA) is 103 Å². The van der Waals surface area contributed by atoms with E-state index in [-0.39, 0.29) is 5.97 Å². The Kier molecular flexibility index (Phi) is 25.1. The number of unbranched alkanes of at least 4 members (excludes halogenated alkanes) is 3. The number of rotatable bonds is 27. The minimum absolute atomic E-state index is 0.144. The summed E-state index contributed by atoms with van der Waals surface area (Å²) in [7, 11) is 0. The molecule has 1 N–H and O–H groups in total. The highest BCUT2D eigenvalue weighted by molar-refractivity contribution is 5.69. The number of carbonyl (C=O) groups excluding carboxylic acids is 1.